The van der Waals surface area contributed by atoms with Gasteiger partial charge in [0.15, 0.2) is 0 Å². The number of para-hydroxylation sites is 1. The van der Waals surface area contributed by atoms with E-state index in [1.807, 2.05) is 25.2 Å². The summed E-state index contributed by atoms with van der Waals surface area (Å²) < 4.78 is 17.4. The molecule has 2 aromatic heterocycles. The number of hydrogen-bond acceptors (Lipinski definition) is 0. The summed E-state index contributed by atoms with van der Waals surface area (Å²) in [5, 5.41) is 1.84. The molecule has 0 atom stereocenters. The average molecular weight is 504 g/mol. The smallest absolute Gasteiger partial charge is 0.242 e. The standard InChI is InChI=1S/C16H10FIN2.HI/c1-20-12-8-3-2-5-9(12)14(18)15-16(20)13-10(17)6-4-7-11(13)19-15;/h2-8H,1H3;1H. The first-order chi connectivity index (χ1) is 9.68. The Hall–Kier alpha value is -0.960. The minimum atomic E-state index is -0.185. The highest BCUT2D eigenvalue weighted by molar-refractivity contribution is 14.1. The third-order valence-corrected chi connectivity index (χ3v) is 4.92. The van der Waals surface area contributed by atoms with E-state index in [4.69, 9.17) is 0 Å². The molecule has 4 rings (SSSR count). The lowest BCUT2D eigenvalue weighted by Gasteiger charge is -2.02. The van der Waals surface area contributed by atoms with Crippen molar-refractivity contribution in [2.75, 3.05) is 0 Å². The summed E-state index contributed by atoms with van der Waals surface area (Å²) >= 11 is 2.33. The van der Waals surface area contributed by atoms with Gasteiger partial charge in [0.05, 0.1) is 14.5 Å². The van der Waals surface area contributed by atoms with E-state index in [2.05, 4.69) is 44.3 Å². The fraction of sp³-hybridized carbons (Fsp3) is 0.0625. The van der Waals surface area contributed by atoms with Gasteiger partial charge in [-0.05, 0) is 40.8 Å². The van der Waals surface area contributed by atoms with Gasteiger partial charge in [-0.25, -0.2) is 4.39 Å². The van der Waals surface area contributed by atoms with Crippen LogP contribution in [0.2, 0.25) is 0 Å². The second kappa shape index (κ2) is 5.35. The largest absolute Gasteiger partial charge is 1.00 e. The molecule has 2 nitrogen and oxygen atoms in total. The fourth-order valence-corrected chi connectivity index (χ4v) is 3.74. The number of nitrogens with one attached hydrogen (secondary N) is 1. The summed E-state index contributed by atoms with van der Waals surface area (Å²) in [5.41, 5.74) is 3.85. The number of rotatable bonds is 0. The van der Waals surface area contributed by atoms with Crippen molar-refractivity contribution in [3.8, 4) is 0 Å². The van der Waals surface area contributed by atoms with Crippen molar-refractivity contribution in [2.45, 2.75) is 0 Å². The van der Waals surface area contributed by atoms with Crippen LogP contribution in [0.3, 0.4) is 0 Å². The van der Waals surface area contributed by atoms with Crippen molar-refractivity contribution in [3.05, 3.63) is 51.9 Å². The Morgan fingerprint density at radius 3 is 2.67 bits per heavy atom. The molecule has 0 aliphatic carbocycles. The van der Waals surface area contributed by atoms with Gasteiger partial charge in [0, 0.05) is 6.07 Å². The number of benzene rings is 2. The third kappa shape index (κ3) is 2.04. The van der Waals surface area contributed by atoms with Crippen LogP contribution >= 0.6 is 22.6 Å². The first kappa shape index (κ1) is 15.0. The summed E-state index contributed by atoms with van der Waals surface area (Å²) in [6.45, 7) is 0. The lowest BCUT2D eigenvalue weighted by Crippen LogP contribution is -3.00. The summed E-state index contributed by atoms with van der Waals surface area (Å²) in [6, 6.07) is 13.4. The number of hydrogen-bond donors (Lipinski definition) is 1. The summed E-state index contributed by atoms with van der Waals surface area (Å²) in [5.74, 6) is -0.185. The van der Waals surface area contributed by atoms with Crippen molar-refractivity contribution in [1.29, 1.82) is 0 Å². The highest BCUT2D eigenvalue weighted by Gasteiger charge is 2.22. The molecule has 0 radical (unpaired) electrons. The van der Waals surface area contributed by atoms with Crippen molar-refractivity contribution < 1.29 is 32.9 Å². The van der Waals surface area contributed by atoms with Crippen LogP contribution in [-0.2, 0) is 7.05 Å². The van der Waals surface area contributed by atoms with E-state index >= 15 is 0 Å². The highest BCUT2D eigenvalue weighted by atomic mass is 127. The van der Waals surface area contributed by atoms with E-state index < -0.39 is 0 Å². The van der Waals surface area contributed by atoms with Gasteiger partial charge in [-0.2, -0.15) is 4.57 Å². The van der Waals surface area contributed by atoms with Gasteiger partial charge in [0.1, 0.15) is 23.8 Å². The second-order valence-corrected chi connectivity index (χ2v) is 5.98. The van der Waals surface area contributed by atoms with Crippen molar-refractivity contribution in [2.24, 2.45) is 7.05 Å². The van der Waals surface area contributed by atoms with Crippen LogP contribution in [-0.4, -0.2) is 4.98 Å². The molecule has 2 heterocycles. The van der Waals surface area contributed by atoms with Crippen LogP contribution in [0.5, 0.6) is 0 Å². The zero-order chi connectivity index (χ0) is 13.9. The number of fused-ring (bicyclic) bond motifs is 4. The number of aromatic amines is 1. The predicted molar refractivity (Wildman–Crippen MR) is 87.2 cm³/mol. The van der Waals surface area contributed by atoms with Gasteiger partial charge in [-0.15, -0.1) is 0 Å². The molecule has 0 saturated heterocycles. The number of nitrogens with zero attached hydrogens (tertiary/aromatic N) is 1. The Labute approximate surface area is 151 Å². The van der Waals surface area contributed by atoms with Crippen LogP contribution in [0.1, 0.15) is 0 Å². The van der Waals surface area contributed by atoms with Crippen LogP contribution in [0.25, 0.3) is 32.8 Å². The minimum Gasteiger partial charge on any atom is -1.00 e. The Bertz CT molecular complexity index is 992. The maximum absolute atomic E-state index is 14.2. The van der Waals surface area contributed by atoms with Gasteiger partial charge in [-0.1, -0.05) is 18.2 Å². The molecular formula is C16H11FI2N2. The lowest BCUT2D eigenvalue weighted by molar-refractivity contribution is -0.616. The molecule has 0 bridgehead atoms. The Balaban J connectivity index is 0.00000132. The number of aryl methyl sites for hydroxylation is 1. The van der Waals surface area contributed by atoms with Crippen LogP contribution in [0.4, 0.5) is 4.39 Å². The maximum Gasteiger partial charge on any atom is 0.242 e. The molecule has 0 fully saturated rings. The molecule has 0 aliphatic heterocycles. The quantitative estimate of drug-likeness (QED) is 0.273. The molecule has 0 aliphatic rings. The van der Waals surface area contributed by atoms with Gasteiger partial charge in [0.25, 0.3) is 0 Å². The van der Waals surface area contributed by atoms with Crippen LogP contribution < -0.4 is 28.5 Å². The minimum absolute atomic E-state index is 0. The average Bonchev–Trinajstić information content (AvgIpc) is 2.86. The topological polar surface area (TPSA) is 19.7 Å². The summed E-state index contributed by atoms with van der Waals surface area (Å²) in [4.78, 5) is 3.35. The predicted octanol–water partition coefficient (Wildman–Crippen LogP) is 1.05. The van der Waals surface area contributed by atoms with E-state index in [-0.39, 0.29) is 29.8 Å². The first-order valence-corrected chi connectivity index (χ1v) is 7.42. The van der Waals surface area contributed by atoms with Gasteiger partial charge in [0.2, 0.25) is 11.0 Å². The number of H-pyrrole nitrogens is 1. The van der Waals surface area contributed by atoms with Gasteiger partial charge in [-0.3, -0.25) is 0 Å². The normalized spacial score (nSPS) is 11.2. The van der Waals surface area contributed by atoms with Gasteiger partial charge >= 0.3 is 0 Å². The molecule has 0 spiro atoms. The Kier molecular flexibility index (Phi) is 3.81. The van der Waals surface area contributed by atoms with Crippen molar-refractivity contribution in [1.82, 2.24) is 4.98 Å². The lowest BCUT2D eigenvalue weighted by atomic mass is 10.1. The molecular weight excluding hydrogens is 493 g/mol. The molecule has 21 heavy (non-hydrogen) atoms. The number of pyridine rings is 1. The number of aromatic nitrogens is 2. The monoisotopic (exact) mass is 504 g/mol. The Morgan fingerprint density at radius 1 is 1.10 bits per heavy atom. The fourth-order valence-electron chi connectivity index (χ4n) is 2.89. The van der Waals surface area contributed by atoms with Gasteiger partial charge < -0.3 is 29.0 Å². The zero-order valence-electron chi connectivity index (χ0n) is 11.1. The van der Waals surface area contributed by atoms with E-state index in [1.54, 1.807) is 6.07 Å². The molecule has 5 heteroatoms. The summed E-state index contributed by atoms with van der Waals surface area (Å²) in [7, 11) is 1.99. The summed E-state index contributed by atoms with van der Waals surface area (Å²) in [6.07, 6.45) is 0. The molecule has 0 amide bonds. The molecule has 2 aromatic carbocycles. The SMILES string of the molecule is C[n+]1c2ccccc2c(I)c2[nH]c3cccc(F)c3c21.[I-]. The second-order valence-electron chi connectivity index (χ2n) is 4.90. The third-order valence-electron chi connectivity index (χ3n) is 3.80. The zero-order valence-corrected chi connectivity index (χ0v) is 15.4. The molecule has 0 saturated carbocycles. The van der Waals surface area contributed by atoms with Crippen molar-refractivity contribution >= 4 is 55.4 Å². The van der Waals surface area contributed by atoms with Crippen LogP contribution in [0, 0.1) is 9.39 Å². The van der Waals surface area contributed by atoms with Crippen LogP contribution in [0.15, 0.2) is 42.5 Å². The van der Waals surface area contributed by atoms with E-state index in [0.717, 1.165) is 25.6 Å². The van der Waals surface area contributed by atoms with E-state index in [0.29, 0.717) is 5.39 Å². The molecule has 106 valence electrons. The molecule has 1 N–H and O–H groups in total. The molecule has 0 unspecified atom stereocenters. The first-order valence-electron chi connectivity index (χ1n) is 6.34. The van der Waals surface area contributed by atoms with E-state index in [9.17, 15) is 4.39 Å². The molecule has 4 aromatic rings. The Morgan fingerprint density at radius 2 is 1.86 bits per heavy atom. The number of halogens is 3. The van der Waals surface area contributed by atoms with E-state index in [1.165, 1.54) is 11.5 Å². The maximum atomic E-state index is 14.2. The highest BCUT2D eigenvalue weighted by Crippen LogP contribution is 2.31. The van der Waals surface area contributed by atoms with Crippen molar-refractivity contribution in [3.63, 3.8) is 0 Å².